The molecular formula is C15H19N3O3. The van der Waals surface area contributed by atoms with Crippen LogP contribution in [0, 0.1) is 5.92 Å². The zero-order chi connectivity index (χ0) is 15.0. The minimum absolute atomic E-state index is 0.114. The summed E-state index contributed by atoms with van der Waals surface area (Å²) in [6.45, 7) is 0.721. The second kappa shape index (κ2) is 5.37. The molecule has 112 valence electrons. The monoisotopic (exact) mass is 289 g/mol. The summed E-state index contributed by atoms with van der Waals surface area (Å²) in [5.41, 5.74) is 7.48. The number of aliphatic hydroxyl groups is 1. The van der Waals surface area contributed by atoms with Gasteiger partial charge in [-0.2, -0.15) is 0 Å². The van der Waals surface area contributed by atoms with Crippen molar-refractivity contribution >= 4 is 17.5 Å². The van der Waals surface area contributed by atoms with E-state index in [9.17, 15) is 14.7 Å². The third kappa shape index (κ3) is 2.58. The highest BCUT2D eigenvalue weighted by Crippen LogP contribution is 2.27. The molecule has 2 heterocycles. The Balaban J connectivity index is 1.76. The number of likely N-dealkylation sites (tertiary alicyclic amines) is 1. The number of carbonyl (C=O) groups is 2. The number of hydrogen-bond acceptors (Lipinski definition) is 4. The Bertz CT molecular complexity index is 575. The molecule has 3 unspecified atom stereocenters. The van der Waals surface area contributed by atoms with Crippen molar-refractivity contribution in [3.05, 3.63) is 29.8 Å². The number of primary amides is 1. The van der Waals surface area contributed by atoms with E-state index in [0.29, 0.717) is 13.0 Å². The molecule has 1 fully saturated rings. The average molecular weight is 289 g/mol. The predicted molar refractivity (Wildman–Crippen MR) is 77.4 cm³/mol. The number of benzene rings is 1. The van der Waals surface area contributed by atoms with E-state index in [0.717, 1.165) is 11.3 Å². The molecular weight excluding hydrogens is 270 g/mol. The van der Waals surface area contributed by atoms with Crippen LogP contribution in [0.4, 0.5) is 5.69 Å². The highest BCUT2D eigenvalue weighted by molar-refractivity contribution is 5.89. The lowest BCUT2D eigenvalue weighted by Crippen LogP contribution is -2.48. The lowest BCUT2D eigenvalue weighted by Gasteiger charge is -2.30. The minimum atomic E-state index is -0.690. The van der Waals surface area contributed by atoms with Crippen molar-refractivity contribution in [1.29, 1.82) is 0 Å². The highest BCUT2D eigenvalue weighted by atomic mass is 16.3. The number of carbonyl (C=O) groups excluding carboxylic acids is 2. The Labute approximate surface area is 122 Å². The summed E-state index contributed by atoms with van der Waals surface area (Å²) in [6, 6.07) is 7.19. The van der Waals surface area contributed by atoms with Crippen LogP contribution in [0.2, 0.25) is 0 Å². The number of β-amino-alcohol motifs (C(OH)–C–C–N with tert-alkyl or cyclic N) is 1. The average Bonchev–Trinajstić information content (AvgIpc) is 2.88. The maximum atomic E-state index is 12.6. The van der Waals surface area contributed by atoms with Crippen LogP contribution in [-0.2, 0) is 16.0 Å². The quantitative estimate of drug-likeness (QED) is 0.697. The number of para-hydroxylation sites is 1. The van der Waals surface area contributed by atoms with Gasteiger partial charge in [-0.25, -0.2) is 0 Å². The summed E-state index contributed by atoms with van der Waals surface area (Å²) < 4.78 is 0. The van der Waals surface area contributed by atoms with Gasteiger partial charge in [-0.1, -0.05) is 18.2 Å². The number of nitrogens with zero attached hydrogens (tertiary/aromatic N) is 1. The number of fused-ring (bicyclic) bond motifs is 1. The molecule has 3 rings (SSSR count). The molecule has 0 spiro atoms. The second-order valence-electron chi connectivity index (χ2n) is 5.74. The van der Waals surface area contributed by atoms with Gasteiger partial charge in [-0.15, -0.1) is 0 Å². The number of anilines is 1. The fourth-order valence-corrected chi connectivity index (χ4v) is 3.18. The molecule has 4 N–H and O–H groups in total. The van der Waals surface area contributed by atoms with Crippen molar-refractivity contribution in [1.82, 2.24) is 4.90 Å². The molecule has 0 aromatic heterocycles. The Morgan fingerprint density at radius 2 is 2.10 bits per heavy atom. The first-order valence-electron chi connectivity index (χ1n) is 7.16. The Morgan fingerprint density at radius 1 is 1.33 bits per heavy atom. The molecule has 1 saturated heterocycles. The van der Waals surface area contributed by atoms with Crippen LogP contribution in [0.1, 0.15) is 12.0 Å². The van der Waals surface area contributed by atoms with E-state index in [1.54, 1.807) is 0 Å². The number of nitrogens with one attached hydrogen (secondary N) is 1. The van der Waals surface area contributed by atoms with E-state index in [-0.39, 0.29) is 24.8 Å². The molecule has 1 aromatic rings. The molecule has 3 atom stereocenters. The van der Waals surface area contributed by atoms with Crippen molar-refractivity contribution in [2.24, 2.45) is 11.7 Å². The van der Waals surface area contributed by atoms with Gasteiger partial charge >= 0.3 is 0 Å². The van der Waals surface area contributed by atoms with Crippen LogP contribution < -0.4 is 11.1 Å². The van der Waals surface area contributed by atoms with Gasteiger partial charge in [0.1, 0.15) is 6.04 Å². The molecule has 0 saturated carbocycles. The SMILES string of the molecule is NC(=O)C1CC(O)CN1C(=O)C1CNc2ccccc2C1. The molecule has 21 heavy (non-hydrogen) atoms. The zero-order valence-corrected chi connectivity index (χ0v) is 11.7. The topological polar surface area (TPSA) is 95.7 Å². The maximum Gasteiger partial charge on any atom is 0.240 e. The Kier molecular flexibility index (Phi) is 3.55. The van der Waals surface area contributed by atoms with Gasteiger partial charge in [0.2, 0.25) is 11.8 Å². The number of nitrogens with two attached hydrogens (primary N) is 1. The standard InChI is InChI=1S/C15H19N3O3/c16-14(20)13-6-11(19)8-18(13)15(21)10-5-9-3-1-2-4-12(9)17-7-10/h1-4,10-11,13,17,19H,5-8H2,(H2,16,20). The number of rotatable bonds is 2. The lowest BCUT2D eigenvalue weighted by atomic mass is 9.92. The van der Waals surface area contributed by atoms with Crippen LogP contribution in [0.25, 0.3) is 0 Å². The smallest absolute Gasteiger partial charge is 0.240 e. The maximum absolute atomic E-state index is 12.6. The molecule has 6 nitrogen and oxygen atoms in total. The normalized spacial score (nSPS) is 27.9. The van der Waals surface area contributed by atoms with Gasteiger partial charge in [0, 0.05) is 25.2 Å². The van der Waals surface area contributed by atoms with Gasteiger partial charge in [0.25, 0.3) is 0 Å². The van der Waals surface area contributed by atoms with E-state index >= 15 is 0 Å². The van der Waals surface area contributed by atoms with Crippen molar-refractivity contribution in [2.75, 3.05) is 18.4 Å². The van der Waals surface area contributed by atoms with E-state index in [1.165, 1.54) is 4.90 Å². The van der Waals surface area contributed by atoms with Gasteiger partial charge in [0.05, 0.1) is 12.0 Å². The van der Waals surface area contributed by atoms with Gasteiger partial charge in [-0.3, -0.25) is 9.59 Å². The molecule has 2 aliphatic heterocycles. The van der Waals surface area contributed by atoms with E-state index in [1.807, 2.05) is 24.3 Å². The number of hydrogen-bond donors (Lipinski definition) is 3. The first kappa shape index (κ1) is 13.9. The van der Waals surface area contributed by atoms with Gasteiger partial charge in [0.15, 0.2) is 0 Å². The molecule has 0 bridgehead atoms. The zero-order valence-electron chi connectivity index (χ0n) is 11.7. The van der Waals surface area contributed by atoms with Gasteiger partial charge in [-0.05, 0) is 18.1 Å². The molecule has 2 amide bonds. The van der Waals surface area contributed by atoms with E-state index < -0.39 is 18.1 Å². The van der Waals surface area contributed by atoms with Crippen LogP contribution in [0.3, 0.4) is 0 Å². The highest BCUT2D eigenvalue weighted by Gasteiger charge is 2.40. The first-order valence-corrected chi connectivity index (χ1v) is 7.16. The third-order valence-corrected chi connectivity index (χ3v) is 4.26. The summed E-state index contributed by atoms with van der Waals surface area (Å²) in [5, 5.41) is 13.0. The number of aliphatic hydroxyl groups excluding tert-OH is 1. The summed E-state index contributed by atoms with van der Waals surface area (Å²) in [4.78, 5) is 25.5. The van der Waals surface area contributed by atoms with Gasteiger partial charge < -0.3 is 21.1 Å². The fraction of sp³-hybridized carbons (Fsp3) is 0.467. The van der Waals surface area contributed by atoms with Crippen molar-refractivity contribution in [2.45, 2.75) is 25.0 Å². The predicted octanol–water partition coefficient (Wildman–Crippen LogP) is -0.282. The minimum Gasteiger partial charge on any atom is -0.391 e. The van der Waals surface area contributed by atoms with Crippen molar-refractivity contribution in [3.63, 3.8) is 0 Å². The molecule has 1 aromatic carbocycles. The first-order chi connectivity index (χ1) is 10.1. The van der Waals surface area contributed by atoms with E-state index in [4.69, 9.17) is 5.73 Å². The number of amides is 2. The van der Waals surface area contributed by atoms with Crippen LogP contribution in [0.15, 0.2) is 24.3 Å². The Morgan fingerprint density at radius 3 is 2.86 bits per heavy atom. The molecule has 0 aliphatic carbocycles. The Hall–Kier alpha value is -2.08. The van der Waals surface area contributed by atoms with Crippen LogP contribution >= 0.6 is 0 Å². The van der Waals surface area contributed by atoms with Crippen molar-refractivity contribution in [3.8, 4) is 0 Å². The van der Waals surface area contributed by atoms with Crippen LogP contribution in [0.5, 0.6) is 0 Å². The largest absolute Gasteiger partial charge is 0.391 e. The summed E-state index contributed by atoms with van der Waals surface area (Å²) >= 11 is 0. The fourth-order valence-electron chi connectivity index (χ4n) is 3.18. The summed E-state index contributed by atoms with van der Waals surface area (Å²) in [5.74, 6) is -0.895. The lowest BCUT2D eigenvalue weighted by molar-refractivity contribution is -0.140. The summed E-state index contributed by atoms with van der Waals surface area (Å²) in [6.07, 6.45) is 0.202. The molecule has 2 aliphatic rings. The second-order valence-corrected chi connectivity index (χ2v) is 5.74. The summed E-state index contributed by atoms with van der Waals surface area (Å²) in [7, 11) is 0. The molecule has 6 heteroatoms. The third-order valence-electron chi connectivity index (χ3n) is 4.26. The molecule has 0 radical (unpaired) electrons. The van der Waals surface area contributed by atoms with Crippen molar-refractivity contribution < 1.29 is 14.7 Å². The van der Waals surface area contributed by atoms with E-state index in [2.05, 4.69) is 5.32 Å². The van der Waals surface area contributed by atoms with Crippen LogP contribution in [-0.4, -0.2) is 47.1 Å².